The van der Waals surface area contributed by atoms with Crippen molar-refractivity contribution in [2.75, 3.05) is 0 Å². The fraction of sp³-hybridized carbons (Fsp3) is 0.364. The average molecular weight is 221 g/mol. The monoisotopic (exact) mass is 221 g/mol. The van der Waals surface area contributed by atoms with Crippen LogP contribution in [0.25, 0.3) is 0 Å². The maximum Gasteiger partial charge on any atom is 0.314 e. The zero-order valence-corrected chi connectivity index (χ0v) is 8.71. The average Bonchev–Trinajstić information content (AvgIpc) is 2.92. The Bertz CT molecular complexity index is 471. The van der Waals surface area contributed by atoms with Crippen molar-refractivity contribution in [2.24, 2.45) is 5.92 Å². The molecule has 84 valence electrons. The summed E-state index contributed by atoms with van der Waals surface area (Å²) in [5, 5.41) is 19.8. The summed E-state index contributed by atoms with van der Waals surface area (Å²) in [6.07, 6.45) is 0.545. The van der Waals surface area contributed by atoms with Gasteiger partial charge in [-0.05, 0) is 17.9 Å². The molecule has 0 bridgehead atoms. The SMILES string of the molecule is CC1CC1(C(=O)O)c1cccc([N+](=O)[O-])c1. The van der Waals surface area contributed by atoms with Crippen molar-refractivity contribution in [3.05, 3.63) is 39.9 Å². The molecule has 0 amide bonds. The van der Waals surface area contributed by atoms with E-state index < -0.39 is 16.3 Å². The molecule has 0 aromatic heterocycles. The lowest BCUT2D eigenvalue weighted by atomic mass is 9.93. The molecule has 5 heteroatoms. The minimum Gasteiger partial charge on any atom is -0.481 e. The van der Waals surface area contributed by atoms with E-state index in [9.17, 15) is 20.0 Å². The van der Waals surface area contributed by atoms with Crippen molar-refractivity contribution in [1.29, 1.82) is 0 Å². The summed E-state index contributed by atoms with van der Waals surface area (Å²) in [6.45, 7) is 1.84. The number of hydrogen-bond donors (Lipinski definition) is 1. The second-order valence-corrected chi connectivity index (χ2v) is 4.19. The molecule has 1 N–H and O–H groups in total. The van der Waals surface area contributed by atoms with Gasteiger partial charge in [-0.1, -0.05) is 19.1 Å². The predicted molar refractivity (Wildman–Crippen MR) is 56.2 cm³/mol. The van der Waals surface area contributed by atoms with E-state index in [-0.39, 0.29) is 11.6 Å². The van der Waals surface area contributed by atoms with Crippen LogP contribution < -0.4 is 0 Å². The molecule has 2 unspecified atom stereocenters. The normalized spacial score (nSPS) is 27.4. The predicted octanol–water partition coefficient (Wildman–Crippen LogP) is 1.96. The number of nitrogens with zero attached hydrogens (tertiary/aromatic N) is 1. The zero-order chi connectivity index (χ0) is 11.9. The summed E-state index contributed by atoms with van der Waals surface area (Å²) in [5.74, 6) is -0.868. The third kappa shape index (κ3) is 1.36. The minimum absolute atomic E-state index is 0.0343. The summed E-state index contributed by atoms with van der Waals surface area (Å²) >= 11 is 0. The van der Waals surface area contributed by atoms with Gasteiger partial charge in [-0.25, -0.2) is 0 Å². The fourth-order valence-corrected chi connectivity index (χ4v) is 2.14. The van der Waals surface area contributed by atoms with Crippen LogP contribution in [0.2, 0.25) is 0 Å². The Hall–Kier alpha value is -1.91. The zero-order valence-electron chi connectivity index (χ0n) is 8.71. The van der Waals surface area contributed by atoms with Gasteiger partial charge in [0.2, 0.25) is 0 Å². The molecule has 0 heterocycles. The van der Waals surface area contributed by atoms with Crippen LogP contribution in [-0.4, -0.2) is 16.0 Å². The Kier molecular flexibility index (Phi) is 2.18. The van der Waals surface area contributed by atoms with Gasteiger partial charge in [-0.3, -0.25) is 14.9 Å². The number of hydrogen-bond acceptors (Lipinski definition) is 3. The molecule has 1 fully saturated rings. The van der Waals surface area contributed by atoms with Crippen molar-refractivity contribution in [1.82, 2.24) is 0 Å². The number of carboxylic acid groups (broad SMARTS) is 1. The molecule has 16 heavy (non-hydrogen) atoms. The smallest absolute Gasteiger partial charge is 0.314 e. The highest BCUT2D eigenvalue weighted by Crippen LogP contribution is 2.54. The Labute approximate surface area is 91.9 Å². The lowest BCUT2D eigenvalue weighted by Crippen LogP contribution is -2.21. The Morgan fingerprint density at radius 1 is 1.62 bits per heavy atom. The van der Waals surface area contributed by atoms with Gasteiger partial charge in [0, 0.05) is 12.1 Å². The van der Waals surface area contributed by atoms with Gasteiger partial charge in [0.25, 0.3) is 5.69 Å². The molecule has 2 atom stereocenters. The van der Waals surface area contributed by atoms with E-state index in [4.69, 9.17) is 0 Å². The van der Waals surface area contributed by atoms with Crippen LogP contribution >= 0.6 is 0 Å². The summed E-state index contributed by atoms with van der Waals surface area (Å²) in [6, 6.07) is 5.90. The van der Waals surface area contributed by atoms with Crippen molar-refractivity contribution in [3.8, 4) is 0 Å². The van der Waals surface area contributed by atoms with Gasteiger partial charge < -0.3 is 5.11 Å². The van der Waals surface area contributed by atoms with Crippen LogP contribution in [-0.2, 0) is 10.2 Å². The standard InChI is InChI=1S/C11H11NO4/c1-7-6-11(7,10(13)14)8-3-2-4-9(5-8)12(15)16/h2-5,7H,6H2,1H3,(H,13,14). The number of benzene rings is 1. The topological polar surface area (TPSA) is 80.4 Å². The first-order valence-electron chi connectivity index (χ1n) is 4.97. The number of nitro benzene ring substituents is 1. The van der Waals surface area contributed by atoms with Gasteiger partial charge in [0.05, 0.1) is 10.3 Å². The maximum absolute atomic E-state index is 11.2. The number of carbonyl (C=O) groups is 1. The van der Waals surface area contributed by atoms with Crippen molar-refractivity contribution < 1.29 is 14.8 Å². The number of aliphatic carboxylic acids is 1. The van der Waals surface area contributed by atoms with Crippen LogP contribution in [0, 0.1) is 16.0 Å². The van der Waals surface area contributed by atoms with Crippen LogP contribution in [0.5, 0.6) is 0 Å². The summed E-state index contributed by atoms with van der Waals surface area (Å²) in [4.78, 5) is 21.3. The summed E-state index contributed by atoms with van der Waals surface area (Å²) in [7, 11) is 0. The van der Waals surface area contributed by atoms with Gasteiger partial charge >= 0.3 is 5.97 Å². The first kappa shape index (κ1) is 10.6. The Morgan fingerprint density at radius 3 is 2.69 bits per heavy atom. The first-order valence-corrected chi connectivity index (χ1v) is 4.97. The van der Waals surface area contributed by atoms with Crippen molar-refractivity contribution >= 4 is 11.7 Å². The van der Waals surface area contributed by atoms with Gasteiger partial charge in [-0.2, -0.15) is 0 Å². The van der Waals surface area contributed by atoms with Crippen molar-refractivity contribution in [2.45, 2.75) is 18.8 Å². The molecule has 0 saturated heterocycles. The minimum atomic E-state index is -0.911. The van der Waals surface area contributed by atoms with Gasteiger partial charge in [0.1, 0.15) is 0 Å². The summed E-state index contributed by atoms with van der Waals surface area (Å²) < 4.78 is 0. The van der Waals surface area contributed by atoms with E-state index in [0.717, 1.165) is 0 Å². The molecule has 1 aliphatic rings. The van der Waals surface area contributed by atoms with Crippen molar-refractivity contribution in [3.63, 3.8) is 0 Å². The van der Waals surface area contributed by atoms with E-state index in [1.807, 2.05) is 6.92 Å². The van der Waals surface area contributed by atoms with E-state index in [1.54, 1.807) is 6.07 Å². The maximum atomic E-state index is 11.2. The van der Waals surface area contributed by atoms with E-state index in [2.05, 4.69) is 0 Å². The lowest BCUT2D eigenvalue weighted by molar-refractivity contribution is -0.384. The number of carboxylic acids is 1. The number of non-ortho nitro benzene ring substituents is 1. The van der Waals surface area contributed by atoms with E-state index >= 15 is 0 Å². The Morgan fingerprint density at radius 2 is 2.25 bits per heavy atom. The number of nitro groups is 1. The third-order valence-corrected chi connectivity index (χ3v) is 3.26. The van der Waals surface area contributed by atoms with Crippen LogP contribution in [0.4, 0.5) is 5.69 Å². The molecule has 2 rings (SSSR count). The lowest BCUT2D eigenvalue weighted by Gasteiger charge is -2.10. The van der Waals surface area contributed by atoms with E-state index in [1.165, 1.54) is 18.2 Å². The molecule has 1 saturated carbocycles. The largest absolute Gasteiger partial charge is 0.481 e. The van der Waals surface area contributed by atoms with Crippen LogP contribution in [0.1, 0.15) is 18.9 Å². The highest BCUT2D eigenvalue weighted by atomic mass is 16.6. The van der Waals surface area contributed by atoms with Gasteiger partial charge in [0.15, 0.2) is 0 Å². The molecule has 0 radical (unpaired) electrons. The molecule has 0 spiro atoms. The highest BCUT2D eigenvalue weighted by molar-refractivity contribution is 5.86. The molecule has 5 nitrogen and oxygen atoms in total. The highest BCUT2D eigenvalue weighted by Gasteiger charge is 2.59. The Balaban J connectivity index is 2.45. The number of rotatable bonds is 3. The second kappa shape index (κ2) is 3.30. The quantitative estimate of drug-likeness (QED) is 0.624. The summed E-state index contributed by atoms with van der Waals surface area (Å²) in [5.41, 5.74) is -0.439. The molecule has 1 aliphatic carbocycles. The van der Waals surface area contributed by atoms with E-state index in [0.29, 0.717) is 12.0 Å². The van der Waals surface area contributed by atoms with Crippen LogP contribution in [0.15, 0.2) is 24.3 Å². The molecular formula is C11H11NO4. The second-order valence-electron chi connectivity index (χ2n) is 4.19. The van der Waals surface area contributed by atoms with Gasteiger partial charge in [-0.15, -0.1) is 0 Å². The fourth-order valence-electron chi connectivity index (χ4n) is 2.14. The first-order chi connectivity index (χ1) is 7.48. The molecule has 0 aliphatic heterocycles. The molecule has 1 aromatic carbocycles. The molecule has 1 aromatic rings. The van der Waals surface area contributed by atoms with Crippen LogP contribution in [0.3, 0.4) is 0 Å². The third-order valence-electron chi connectivity index (χ3n) is 3.26. The molecular weight excluding hydrogens is 210 g/mol.